The normalized spacial score (nSPS) is 25.3. The molecule has 1 unspecified atom stereocenters. The van der Waals surface area contributed by atoms with E-state index in [1.165, 1.54) is 6.92 Å². The van der Waals surface area contributed by atoms with E-state index < -0.39 is 59.5 Å². The van der Waals surface area contributed by atoms with E-state index in [1.807, 2.05) is 91.0 Å². The Hall–Kier alpha value is -4.61. The summed E-state index contributed by atoms with van der Waals surface area (Å²) in [6, 6.07) is 28.0. The zero-order chi connectivity index (χ0) is 39.6. The van der Waals surface area contributed by atoms with Crippen LogP contribution in [0, 0.1) is 11.8 Å². The highest BCUT2D eigenvalue weighted by atomic mass is 16.6. The first-order valence-corrected chi connectivity index (χ1v) is 18.4. The van der Waals surface area contributed by atoms with Crippen molar-refractivity contribution in [3.63, 3.8) is 0 Å². The number of nitrogens with zero attached hydrogens (tertiary/aromatic N) is 1. The average molecular weight is 757 g/mol. The number of aliphatic hydroxyl groups excluding tert-OH is 1. The van der Waals surface area contributed by atoms with Gasteiger partial charge in [-0.1, -0.05) is 103 Å². The van der Waals surface area contributed by atoms with E-state index in [-0.39, 0.29) is 32.3 Å². The number of aliphatic hydroxyl groups is 1. The maximum atomic E-state index is 13.5. The van der Waals surface area contributed by atoms with Crippen LogP contribution in [0.15, 0.2) is 91.0 Å². The quantitative estimate of drug-likeness (QED) is 0.182. The minimum absolute atomic E-state index is 0.0692. The van der Waals surface area contributed by atoms with Crippen LogP contribution in [0.5, 0.6) is 0 Å². The summed E-state index contributed by atoms with van der Waals surface area (Å²) in [7, 11) is 0. The molecule has 55 heavy (non-hydrogen) atoms. The van der Waals surface area contributed by atoms with Crippen molar-refractivity contribution in [3.05, 3.63) is 108 Å². The van der Waals surface area contributed by atoms with Crippen molar-refractivity contribution >= 4 is 18.3 Å². The second kappa shape index (κ2) is 18.3. The fourth-order valence-electron chi connectivity index (χ4n) is 6.65. The summed E-state index contributed by atoms with van der Waals surface area (Å²) in [4.78, 5) is 40.3. The van der Waals surface area contributed by atoms with Gasteiger partial charge in [0.25, 0.3) is 0 Å². The minimum atomic E-state index is -1.92. The number of hydrogen-bond donors (Lipinski definition) is 2. The first kappa shape index (κ1) is 41.6. The topological polar surface area (TPSA) is 142 Å². The van der Waals surface area contributed by atoms with Crippen molar-refractivity contribution in [1.82, 2.24) is 10.2 Å². The molecule has 0 radical (unpaired) electrons. The van der Waals surface area contributed by atoms with Crippen LogP contribution in [0.4, 0.5) is 4.79 Å². The second-order valence-corrected chi connectivity index (χ2v) is 15.2. The second-order valence-electron chi connectivity index (χ2n) is 15.2. The van der Waals surface area contributed by atoms with Gasteiger partial charge in [0.05, 0.1) is 39.1 Å². The summed E-state index contributed by atoms with van der Waals surface area (Å²) in [6.07, 6.45) is -5.57. The molecule has 2 amide bonds. The number of ether oxygens (including phenoxy) is 6. The Bertz CT molecular complexity index is 1770. The molecular formula is C43H52N2O10. The lowest BCUT2D eigenvalue weighted by Gasteiger charge is -2.45. The van der Waals surface area contributed by atoms with Crippen molar-refractivity contribution in [2.75, 3.05) is 13.2 Å². The van der Waals surface area contributed by atoms with Crippen LogP contribution < -0.4 is 5.32 Å². The molecule has 2 aliphatic rings. The van der Waals surface area contributed by atoms with Crippen molar-refractivity contribution in [1.29, 1.82) is 0 Å². The highest BCUT2D eigenvalue weighted by molar-refractivity contribution is 5.80. The number of carbonyl (C=O) groups is 3. The van der Waals surface area contributed by atoms with Crippen molar-refractivity contribution in [2.45, 2.75) is 115 Å². The van der Waals surface area contributed by atoms with E-state index >= 15 is 0 Å². The molecule has 0 bridgehead atoms. The van der Waals surface area contributed by atoms with Gasteiger partial charge < -0.3 is 43.6 Å². The summed E-state index contributed by atoms with van der Waals surface area (Å²) in [6.45, 7) is 10.1. The van der Waals surface area contributed by atoms with Crippen LogP contribution in [0.25, 0.3) is 0 Å². The third kappa shape index (κ3) is 10.8. The Morgan fingerprint density at radius 3 is 1.95 bits per heavy atom. The summed E-state index contributed by atoms with van der Waals surface area (Å²) >= 11 is 0. The number of aldehydes is 1. The Labute approximate surface area is 323 Å². The molecular weight excluding hydrogens is 704 g/mol. The molecule has 0 aromatic heterocycles. The lowest BCUT2D eigenvalue weighted by molar-refractivity contribution is -0.222. The molecule has 7 atom stereocenters. The van der Waals surface area contributed by atoms with Gasteiger partial charge in [0.2, 0.25) is 5.91 Å². The fraction of sp³-hybridized carbons (Fsp3) is 0.465. The number of benzene rings is 3. The number of rotatable bonds is 13. The number of hydrogen-bond acceptors (Lipinski definition) is 10. The molecule has 0 aliphatic carbocycles. The molecule has 2 aliphatic heterocycles. The van der Waals surface area contributed by atoms with Crippen molar-refractivity contribution < 1.29 is 47.9 Å². The van der Waals surface area contributed by atoms with Crippen LogP contribution in [-0.2, 0) is 57.8 Å². The largest absolute Gasteiger partial charge is 0.444 e. The molecule has 2 saturated heterocycles. The monoisotopic (exact) mass is 756 g/mol. The fourth-order valence-corrected chi connectivity index (χ4v) is 6.65. The lowest BCUT2D eigenvalue weighted by Crippen LogP contribution is -2.65. The Morgan fingerprint density at radius 2 is 1.44 bits per heavy atom. The first-order valence-electron chi connectivity index (χ1n) is 18.4. The zero-order valence-corrected chi connectivity index (χ0v) is 32.3. The van der Waals surface area contributed by atoms with E-state index in [0.717, 1.165) is 21.6 Å². The standard InChI is InChI=1S/C43H52N2O10/c1-30(47)44-37-34(22-23-36(48)43(28-46)29-53-42(5,6)45(43)40(49)55-41(2,3)4)54-35(27-50-24-31-16-10-7-11-17-31)38(51-25-32-18-12-8-13-19-32)39(37)52-26-33-20-14-9-15-21-33/h7-21,28,34-39,48H,24-27,29H2,1-6H3,(H,44,47)/t34-,35+,36?,37+,38+,39+,43+/m0/s1. The molecule has 12 nitrogen and oxygen atoms in total. The van der Waals surface area contributed by atoms with Crippen LogP contribution in [-0.4, -0.2) is 94.9 Å². The summed E-state index contributed by atoms with van der Waals surface area (Å²) in [5.41, 5.74) is -1.35. The van der Waals surface area contributed by atoms with E-state index in [9.17, 15) is 19.5 Å². The van der Waals surface area contributed by atoms with E-state index in [4.69, 9.17) is 28.4 Å². The van der Waals surface area contributed by atoms with Gasteiger partial charge in [-0.15, -0.1) is 0 Å². The van der Waals surface area contributed by atoms with Crippen molar-refractivity contribution in [3.8, 4) is 11.8 Å². The lowest BCUT2D eigenvalue weighted by atomic mass is 9.90. The molecule has 294 valence electrons. The minimum Gasteiger partial charge on any atom is -0.444 e. The Morgan fingerprint density at radius 1 is 0.909 bits per heavy atom. The molecule has 2 heterocycles. The van der Waals surface area contributed by atoms with E-state index in [0.29, 0.717) is 12.9 Å². The maximum Gasteiger partial charge on any atom is 0.413 e. The molecule has 0 saturated carbocycles. The number of nitrogens with one attached hydrogen (secondary N) is 1. The number of carbonyl (C=O) groups excluding carboxylic acids is 3. The van der Waals surface area contributed by atoms with Gasteiger partial charge >= 0.3 is 6.09 Å². The predicted molar refractivity (Wildman–Crippen MR) is 203 cm³/mol. The van der Waals surface area contributed by atoms with Gasteiger partial charge in [-0.25, -0.2) is 4.79 Å². The first-order chi connectivity index (χ1) is 26.2. The molecule has 0 spiro atoms. The van der Waals surface area contributed by atoms with Crippen LogP contribution >= 0.6 is 0 Å². The highest BCUT2D eigenvalue weighted by Crippen LogP contribution is 2.38. The summed E-state index contributed by atoms with van der Waals surface area (Å²) in [5.74, 6) is 5.39. The Balaban J connectivity index is 1.51. The molecule has 3 aromatic carbocycles. The molecule has 2 N–H and O–H groups in total. The highest BCUT2D eigenvalue weighted by Gasteiger charge is 2.59. The predicted octanol–water partition coefficient (Wildman–Crippen LogP) is 4.95. The van der Waals surface area contributed by atoms with Gasteiger partial charge in [0, 0.05) is 6.92 Å². The van der Waals surface area contributed by atoms with Crippen LogP contribution in [0.2, 0.25) is 0 Å². The van der Waals surface area contributed by atoms with Gasteiger partial charge in [-0.3, -0.25) is 9.69 Å². The molecule has 12 heteroatoms. The van der Waals surface area contributed by atoms with Crippen LogP contribution in [0.3, 0.4) is 0 Å². The molecule has 5 rings (SSSR count). The van der Waals surface area contributed by atoms with Gasteiger partial charge in [0.1, 0.15) is 41.8 Å². The Kier molecular flexibility index (Phi) is 13.9. The third-order valence-corrected chi connectivity index (χ3v) is 9.25. The van der Waals surface area contributed by atoms with Crippen LogP contribution in [0.1, 0.15) is 58.2 Å². The maximum absolute atomic E-state index is 13.5. The summed E-state index contributed by atoms with van der Waals surface area (Å²) < 4.78 is 37.5. The zero-order valence-electron chi connectivity index (χ0n) is 32.3. The molecule has 2 fully saturated rings. The smallest absolute Gasteiger partial charge is 0.413 e. The van der Waals surface area contributed by atoms with Gasteiger partial charge in [-0.2, -0.15) is 0 Å². The number of amides is 2. The van der Waals surface area contributed by atoms with E-state index in [1.54, 1.807) is 34.6 Å². The average Bonchev–Trinajstić information content (AvgIpc) is 3.44. The van der Waals surface area contributed by atoms with Crippen molar-refractivity contribution in [2.24, 2.45) is 0 Å². The van der Waals surface area contributed by atoms with Gasteiger partial charge in [0.15, 0.2) is 11.8 Å². The molecule has 3 aromatic rings. The summed E-state index contributed by atoms with van der Waals surface area (Å²) in [5, 5.41) is 14.7. The SMILES string of the molecule is CC(=O)N[C@H]1[C@@H](OCc2ccccc2)[C@H](OCc2ccccc2)[C@@H](COCc2ccccc2)O[C@H]1C#CC(O)[C@@]1(C=O)COC(C)(C)N1C(=O)OC(C)(C)C. The third-order valence-electron chi connectivity index (χ3n) is 9.25. The van der Waals surface area contributed by atoms with E-state index in [2.05, 4.69) is 17.2 Å². The van der Waals surface area contributed by atoms with Gasteiger partial charge in [-0.05, 0) is 51.3 Å².